The highest BCUT2D eigenvalue weighted by molar-refractivity contribution is 4.78. The molecule has 0 heterocycles. The summed E-state index contributed by atoms with van der Waals surface area (Å²) in [7, 11) is 0. The van der Waals surface area contributed by atoms with Crippen molar-refractivity contribution in [3.8, 4) is 0 Å². The molecule has 0 rings (SSSR count). The van der Waals surface area contributed by atoms with Crippen LogP contribution in [0.15, 0.2) is 0 Å². The summed E-state index contributed by atoms with van der Waals surface area (Å²) in [5, 5.41) is 3.54. The van der Waals surface area contributed by atoms with Crippen LogP contribution in [0.2, 0.25) is 0 Å². The molecular weight excluding hydrogens is 160 g/mol. The fourth-order valence-corrected chi connectivity index (χ4v) is 1.97. The Morgan fingerprint density at radius 3 is 1.92 bits per heavy atom. The molecule has 1 N–H and O–H groups in total. The van der Waals surface area contributed by atoms with Gasteiger partial charge in [0.1, 0.15) is 0 Å². The van der Waals surface area contributed by atoms with Crippen molar-refractivity contribution in [2.45, 2.75) is 53.1 Å². The van der Waals surface area contributed by atoms with Gasteiger partial charge in [0.25, 0.3) is 0 Å². The molecule has 0 radical (unpaired) electrons. The van der Waals surface area contributed by atoms with Crippen molar-refractivity contribution in [3.05, 3.63) is 0 Å². The van der Waals surface area contributed by atoms with E-state index in [1.807, 2.05) is 0 Å². The van der Waals surface area contributed by atoms with Crippen molar-refractivity contribution >= 4 is 0 Å². The van der Waals surface area contributed by atoms with Gasteiger partial charge in [0.15, 0.2) is 0 Å². The van der Waals surface area contributed by atoms with Crippen LogP contribution in [0.4, 0.5) is 0 Å². The Balaban J connectivity index is 4.07. The molecule has 0 aliphatic heterocycles. The summed E-state index contributed by atoms with van der Waals surface area (Å²) in [4.78, 5) is 2.51. The summed E-state index contributed by atoms with van der Waals surface area (Å²) >= 11 is 0. The minimum absolute atomic E-state index is 0.643. The van der Waals surface area contributed by atoms with Gasteiger partial charge in [-0.15, -0.1) is 0 Å². The molecule has 80 valence electrons. The molecule has 0 aromatic carbocycles. The average molecular weight is 186 g/mol. The van der Waals surface area contributed by atoms with E-state index in [1.165, 1.54) is 6.42 Å². The molecule has 2 unspecified atom stereocenters. The Morgan fingerprint density at radius 1 is 1.08 bits per heavy atom. The molecule has 2 nitrogen and oxygen atoms in total. The van der Waals surface area contributed by atoms with Crippen molar-refractivity contribution in [1.29, 1.82) is 0 Å². The molecule has 2 atom stereocenters. The van der Waals surface area contributed by atoms with Gasteiger partial charge in [-0.2, -0.15) is 0 Å². The second-order valence-electron chi connectivity index (χ2n) is 3.53. The third-order valence-electron chi connectivity index (χ3n) is 2.88. The third kappa shape index (κ3) is 4.10. The number of nitrogens with one attached hydrogen (secondary N) is 1. The molecular formula is C11H26N2. The molecule has 0 fully saturated rings. The first-order chi connectivity index (χ1) is 6.21. The summed E-state index contributed by atoms with van der Waals surface area (Å²) in [6.07, 6.45) is 1.21. The Kier molecular flexibility index (Phi) is 7.29. The fourth-order valence-electron chi connectivity index (χ4n) is 1.97. The quantitative estimate of drug-likeness (QED) is 0.655. The summed E-state index contributed by atoms with van der Waals surface area (Å²) in [6.45, 7) is 14.6. The summed E-state index contributed by atoms with van der Waals surface area (Å²) < 4.78 is 0. The molecule has 0 amide bonds. The number of hydrogen-bond donors (Lipinski definition) is 1. The average Bonchev–Trinajstić information content (AvgIpc) is 2.15. The Morgan fingerprint density at radius 2 is 1.62 bits per heavy atom. The van der Waals surface area contributed by atoms with E-state index in [9.17, 15) is 0 Å². The van der Waals surface area contributed by atoms with Gasteiger partial charge >= 0.3 is 0 Å². The molecule has 0 aromatic rings. The molecule has 0 aromatic heterocycles. The van der Waals surface area contributed by atoms with E-state index in [4.69, 9.17) is 0 Å². The molecule has 0 bridgehead atoms. The lowest BCUT2D eigenvalue weighted by atomic mass is 10.1. The van der Waals surface area contributed by atoms with Gasteiger partial charge in [-0.3, -0.25) is 4.90 Å². The van der Waals surface area contributed by atoms with Crippen LogP contribution in [0.1, 0.15) is 41.0 Å². The molecule has 2 heteroatoms. The standard InChI is InChI=1S/C11H26N2/c1-6-11(12-7-2)10(5)13(8-3)9-4/h10-12H,6-9H2,1-5H3. The Bertz CT molecular complexity index is 111. The number of nitrogens with zero attached hydrogens (tertiary/aromatic N) is 1. The molecule has 0 saturated carbocycles. The van der Waals surface area contributed by atoms with E-state index in [0.29, 0.717) is 12.1 Å². The first-order valence-corrected chi connectivity index (χ1v) is 5.68. The summed E-state index contributed by atoms with van der Waals surface area (Å²) in [5.41, 5.74) is 0. The molecule has 0 aliphatic rings. The topological polar surface area (TPSA) is 15.3 Å². The number of hydrogen-bond acceptors (Lipinski definition) is 2. The highest BCUT2D eigenvalue weighted by Gasteiger charge is 2.18. The lowest BCUT2D eigenvalue weighted by Crippen LogP contribution is -2.48. The van der Waals surface area contributed by atoms with Crippen LogP contribution >= 0.6 is 0 Å². The third-order valence-corrected chi connectivity index (χ3v) is 2.88. The predicted octanol–water partition coefficient (Wildman–Crippen LogP) is 2.10. The minimum atomic E-state index is 0.643. The van der Waals surface area contributed by atoms with Crippen LogP contribution in [-0.2, 0) is 0 Å². The lowest BCUT2D eigenvalue weighted by Gasteiger charge is -2.33. The van der Waals surface area contributed by atoms with Crippen molar-refractivity contribution in [2.75, 3.05) is 19.6 Å². The molecule has 0 saturated heterocycles. The normalized spacial score (nSPS) is 16.2. The Labute approximate surface area is 83.7 Å². The second kappa shape index (κ2) is 7.34. The van der Waals surface area contributed by atoms with Gasteiger partial charge in [0.2, 0.25) is 0 Å². The van der Waals surface area contributed by atoms with Crippen LogP contribution in [0, 0.1) is 0 Å². The first kappa shape index (κ1) is 12.9. The van der Waals surface area contributed by atoms with Crippen LogP contribution in [-0.4, -0.2) is 36.6 Å². The van der Waals surface area contributed by atoms with E-state index in [2.05, 4.69) is 44.8 Å². The van der Waals surface area contributed by atoms with Gasteiger partial charge < -0.3 is 5.32 Å². The second-order valence-corrected chi connectivity index (χ2v) is 3.53. The van der Waals surface area contributed by atoms with Crippen molar-refractivity contribution in [3.63, 3.8) is 0 Å². The van der Waals surface area contributed by atoms with Crippen LogP contribution in [0.25, 0.3) is 0 Å². The largest absolute Gasteiger partial charge is 0.313 e. The van der Waals surface area contributed by atoms with Crippen molar-refractivity contribution < 1.29 is 0 Å². The van der Waals surface area contributed by atoms with E-state index < -0.39 is 0 Å². The van der Waals surface area contributed by atoms with Crippen molar-refractivity contribution in [2.24, 2.45) is 0 Å². The zero-order valence-electron chi connectivity index (χ0n) is 9.93. The smallest absolute Gasteiger partial charge is 0.0220 e. The van der Waals surface area contributed by atoms with Gasteiger partial charge in [0.05, 0.1) is 0 Å². The maximum Gasteiger partial charge on any atom is 0.0220 e. The van der Waals surface area contributed by atoms with Crippen LogP contribution < -0.4 is 5.32 Å². The number of rotatable bonds is 7. The molecule has 0 aliphatic carbocycles. The Hall–Kier alpha value is -0.0800. The molecule has 13 heavy (non-hydrogen) atoms. The predicted molar refractivity (Wildman–Crippen MR) is 60.1 cm³/mol. The monoisotopic (exact) mass is 186 g/mol. The lowest BCUT2D eigenvalue weighted by molar-refractivity contribution is 0.183. The van der Waals surface area contributed by atoms with Gasteiger partial charge in [-0.1, -0.05) is 27.7 Å². The van der Waals surface area contributed by atoms with Crippen molar-refractivity contribution in [1.82, 2.24) is 10.2 Å². The van der Waals surface area contributed by atoms with E-state index in [-0.39, 0.29) is 0 Å². The zero-order valence-corrected chi connectivity index (χ0v) is 9.93. The summed E-state index contributed by atoms with van der Waals surface area (Å²) in [5.74, 6) is 0. The van der Waals surface area contributed by atoms with Gasteiger partial charge in [-0.25, -0.2) is 0 Å². The fraction of sp³-hybridized carbons (Fsp3) is 1.00. The maximum absolute atomic E-state index is 3.54. The SMILES string of the molecule is CCNC(CC)C(C)N(CC)CC. The summed E-state index contributed by atoms with van der Waals surface area (Å²) in [6, 6.07) is 1.30. The van der Waals surface area contributed by atoms with Crippen LogP contribution in [0.5, 0.6) is 0 Å². The van der Waals surface area contributed by atoms with Gasteiger partial charge in [-0.05, 0) is 33.0 Å². The maximum atomic E-state index is 3.54. The van der Waals surface area contributed by atoms with E-state index >= 15 is 0 Å². The minimum Gasteiger partial charge on any atom is -0.313 e. The van der Waals surface area contributed by atoms with E-state index in [1.54, 1.807) is 0 Å². The highest BCUT2D eigenvalue weighted by atomic mass is 15.2. The van der Waals surface area contributed by atoms with Gasteiger partial charge in [0, 0.05) is 12.1 Å². The first-order valence-electron chi connectivity index (χ1n) is 5.68. The highest BCUT2D eigenvalue weighted by Crippen LogP contribution is 2.06. The molecule has 0 spiro atoms. The van der Waals surface area contributed by atoms with E-state index in [0.717, 1.165) is 19.6 Å². The number of likely N-dealkylation sites (N-methyl/N-ethyl adjacent to an activating group) is 2. The zero-order chi connectivity index (χ0) is 10.3. The van der Waals surface area contributed by atoms with Crippen LogP contribution in [0.3, 0.4) is 0 Å².